The second kappa shape index (κ2) is 7.67. The third-order valence-electron chi connectivity index (χ3n) is 2.94. The Labute approximate surface area is 136 Å². The van der Waals surface area contributed by atoms with E-state index in [0.29, 0.717) is 5.56 Å². The summed E-state index contributed by atoms with van der Waals surface area (Å²) < 4.78 is 37.4. The highest BCUT2D eigenvalue weighted by molar-refractivity contribution is 7.08. The van der Waals surface area contributed by atoms with Crippen LogP contribution in [-0.4, -0.2) is 12.0 Å². The minimum Gasteiger partial charge on any atom is -0.290 e. The van der Waals surface area contributed by atoms with Crippen LogP contribution in [0.4, 0.5) is 13.2 Å². The Morgan fingerprint density at radius 2 is 1.87 bits per heavy atom. The van der Waals surface area contributed by atoms with Crippen LogP contribution in [0.1, 0.15) is 23.5 Å². The zero-order valence-corrected chi connectivity index (χ0v) is 12.7. The summed E-state index contributed by atoms with van der Waals surface area (Å²) in [5.74, 6) is 7.99. The van der Waals surface area contributed by atoms with E-state index in [9.17, 15) is 18.0 Å². The van der Waals surface area contributed by atoms with Crippen LogP contribution in [0.3, 0.4) is 0 Å². The lowest BCUT2D eigenvalue weighted by Crippen LogP contribution is -2.24. The largest absolute Gasteiger partial charge is 0.450 e. The maximum absolute atomic E-state index is 12.5. The lowest BCUT2D eigenvalue weighted by molar-refractivity contribution is -0.171. The number of ketones is 1. The summed E-state index contributed by atoms with van der Waals surface area (Å²) in [5.41, 5.74) is 1.36. The molecule has 0 radical (unpaired) electrons. The van der Waals surface area contributed by atoms with E-state index in [4.69, 9.17) is 0 Å². The monoisotopic (exact) mass is 332 g/mol. The standard InChI is InChI=1S/C18H11F3OS/c19-18(20,21)17(22)12-16(15-7-2-1-3-8-15)9-5-4-6-14-10-11-23-13-14/h1-3,7-8,10-11,13,16H,12H2. The summed E-state index contributed by atoms with van der Waals surface area (Å²) >= 11 is 1.49. The fraction of sp³-hybridized carbons (Fsp3) is 0.167. The first-order valence-corrected chi connectivity index (χ1v) is 7.60. The van der Waals surface area contributed by atoms with Crippen molar-refractivity contribution in [2.75, 3.05) is 0 Å². The van der Waals surface area contributed by atoms with E-state index < -0.39 is 24.3 Å². The summed E-state index contributed by atoms with van der Waals surface area (Å²) in [4.78, 5) is 11.2. The molecule has 0 fully saturated rings. The van der Waals surface area contributed by atoms with Crippen LogP contribution in [0.15, 0.2) is 47.2 Å². The number of benzene rings is 1. The molecule has 1 nitrogen and oxygen atoms in total. The van der Waals surface area contributed by atoms with Gasteiger partial charge >= 0.3 is 6.18 Å². The van der Waals surface area contributed by atoms with Crippen molar-refractivity contribution in [3.05, 3.63) is 58.3 Å². The lowest BCUT2D eigenvalue weighted by atomic mass is 9.94. The fourth-order valence-electron chi connectivity index (χ4n) is 1.80. The Hall–Kier alpha value is -2.50. The zero-order valence-electron chi connectivity index (χ0n) is 11.9. The topological polar surface area (TPSA) is 17.1 Å². The van der Waals surface area contributed by atoms with Gasteiger partial charge in [0.25, 0.3) is 0 Å². The molecule has 2 rings (SSSR count). The predicted molar refractivity (Wildman–Crippen MR) is 83.8 cm³/mol. The predicted octanol–water partition coefficient (Wildman–Crippen LogP) is 4.41. The lowest BCUT2D eigenvalue weighted by Gasteiger charge is -2.11. The molecule has 0 N–H and O–H groups in total. The SMILES string of the molecule is O=C(CC(C#CC#Cc1ccsc1)c1ccccc1)C(F)(F)F. The van der Waals surface area contributed by atoms with E-state index in [-0.39, 0.29) is 0 Å². The molecule has 5 heteroatoms. The molecule has 0 amide bonds. The molecular weight excluding hydrogens is 321 g/mol. The van der Waals surface area contributed by atoms with Crippen LogP contribution in [0, 0.1) is 23.7 Å². The number of alkyl halides is 3. The summed E-state index contributed by atoms with van der Waals surface area (Å²) in [7, 11) is 0. The molecule has 1 atom stereocenters. The molecular formula is C18H11F3OS. The molecule has 0 bridgehead atoms. The highest BCUT2D eigenvalue weighted by Gasteiger charge is 2.39. The Balaban J connectivity index is 2.19. The molecule has 1 unspecified atom stereocenters. The van der Waals surface area contributed by atoms with Crippen molar-refractivity contribution in [1.29, 1.82) is 0 Å². The zero-order chi connectivity index (χ0) is 16.7. The molecule has 0 spiro atoms. The van der Waals surface area contributed by atoms with Gasteiger partial charge in [-0.3, -0.25) is 4.79 Å². The number of Topliss-reactive ketones (excluding diaryl/α,β-unsaturated/α-hetero) is 1. The second-order valence-electron chi connectivity index (χ2n) is 4.62. The number of thiophene rings is 1. The van der Waals surface area contributed by atoms with Crippen molar-refractivity contribution in [1.82, 2.24) is 0 Å². The van der Waals surface area contributed by atoms with E-state index in [2.05, 4.69) is 23.7 Å². The molecule has 1 aromatic heterocycles. The Morgan fingerprint density at radius 1 is 1.13 bits per heavy atom. The van der Waals surface area contributed by atoms with E-state index >= 15 is 0 Å². The van der Waals surface area contributed by atoms with Crippen LogP contribution in [0.5, 0.6) is 0 Å². The van der Waals surface area contributed by atoms with Crippen molar-refractivity contribution < 1.29 is 18.0 Å². The van der Waals surface area contributed by atoms with E-state index in [1.54, 1.807) is 30.3 Å². The van der Waals surface area contributed by atoms with Crippen LogP contribution in [-0.2, 0) is 4.79 Å². The van der Waals surface area contributed by atoms with E-state index in [1.165, 1.54) is 11.3 Å². The summed E-state index contributed by atoms with van der Waals surface area (Å²) in [5, 5.41) is 3.71. The molecule has 0 saturated heterocycles. The van der Waals surface area contributed by atoms with Gasteiger partial charge in [0.2, 0.25) is 5.78 Å². The van der Waals surface area contributed by atoms with Gasteiger partial charge < -0.3 is 0 Å². The minimum absolute atomic E-state index is 0.565. The number of carbonyl (C=O) groups is 1. The highest BCUT2D eigenvalue weighted by atomic mass is 32.1. The van der Waals surface area contributed by atoms with Gasteiger partial charge in [0.15, 0.2) is 0 Å². The van der Waals surface area contributed by atoms with E-state index in [1.807, 2.05) is 16.8 Å². The average molecular weight is 332 g/mol. The number of rotatable bonds is 3. The number of hydrogen-bond donors (Lipinski definition) is 0. The molecule has 0 aliphatic heterocycles. The van der Waals surface area contributed by atoms with Crippen molar-refractivity contribution in [2.45, 2.75) is 18.5 Å². The third kappa shape index (κ3) is 5.32. The molecule has 0 aliphatic rings. The van der Waals surface area contributed by atoms with Crippen molar-refractivity contribution in [3.63, 3.8) is 0 Å². The maximum atomic E-state index is 12.5. The molecule has 116 valence electrons. The minimum atomic E-state index is -4.85. The van der Waals surface area contributed by atoms with Crippen molar-refractivity contribution >= 4 is 17.1 Å². The van der Waals surface area contributed by atoms with Crippen molar-refractivity contribution in [2.24, 2.45) is 0 Å². The first-order valence-electron chi connectivity index (χ1n) is 6.65. The van der Waals surface area contributed by atoms with Gasteiger partial charge in [-0.25, -0.2) is 0 Å². The highest BCUT2D eigenvalue weighted by Crippen LogP contribution is 2.25. The maximum Gasteiger partial charge on any atom is 0.450 e. The van der Waals surface area contributed by atoms with Gasteiger partial charge in [-0.1, -0.05) is 42.2 Å². The van der Waals surface area contributed by atoms with Crippen LogP contribution in [0.2, 0.25) is 0 Å². The normalized spacial score (nSPS) is 11.6. The molecule has 1 aromatic carbocycles. The summed E-state index contributed by atoms with van der Waals surface area (Å²) in [6.45, 7) is 0. The van der Waals surface area contributed by atoms with Crippen LogP contribution < -0.4 is 0 Å². The molecule has 23 heavy (non-hydrogen) atoms. The van der Waals surface area contributed by atoms with Gasteiger partial charge in [-0.05, 0) is 28.9 Å². The van der Waals surface area contributed by atoms with Gasteiger partial charge in [0.05, 0.1) is 5.92 Å². The van der Waals surface area contributed by atoms with E-state index in [0.717, 1.165) is 5.56 Å². The Kier molecular flexibility index (Phi) is 5.62. The second-order valence-corrected chi connectivity index (χ2v) is 5.40. The smallest absolute Gasteiger partial charge is 0.290 e. The third-order valence-corrected chi connectivity index (χ3v) is 3.63. The molecule has 2 aromatic rings. The Morgan fingerprint density at radius 3 is 2.48 bits per heavy atom. The van der Waals surface area contributed by atoms with Gasteiger partial charge in [0.1, 0.15) is 0 Å². The molecule has 1 heterocycles. The van der Waals surface area contributed by atoms with Gasteiger partial charge in [-0.2, -0.15) is 24.5 Å². The van der Waals surface area contributed by atoms with Crippen LogP contribution in [0.25, 0.3) is 0 Å². The number of carbonyl (C=O) groups excluding carboxylic acids is 1. The summed E-state index contributed by atoms with van der Waals surface area (Å²) in [6, 6.07) is 10.2. The molecule has 0 aliphatic carbocycles. The molecule has 0 saturated carbocycles. The van der Waals surface area contributed by atoms with Gasteiger partial charge in [0, 0.05) is 17.4 Å². The fourth-order valence-corrected chi connectivity index (χ4v) is 2.39. The average Bonchev–Trinajstić information content (AvgIpc) is 3.03. The Bertz CT molecular complexity index is 769. The van der Waals surface area contributed by atoms with Crippen LogP contribution >= 0.6 is 11.3 Å². The van der Waals surface area contributed by atoms with Crippen molar-refractivity contribution in [3.8, 4) is 23.7 Å². The summed E-state index contributed by atoms with van der Waals surface area (Å²) in [6.07, 6.45) is -5.56. The first-order chi connectivity index (χ1) is 11.0. The number of halogens is 3. The quantitative estimate of drug-likeness (QED) is 0.761. The first kappa shape index (κ1) is 16.9. The number of hydrogen-bond acceptors (Lipinski definition) is 2. The van der Waals surface area contributed by atoms with Gasteiger partial charge in [-0.15, -0.1) is 0 Å².